The van der Waals surface area contributed by atoms with Gasteiger partial charge in [0, 0.05) is 6.04 Å². The van der Waals surface area contributed by atoms with Gasteiger partial charge in [0.1, 0.15) is 0 Å². The summed E-state index contributed by atoms with van der Waals surface area (Å²) in [6.07, 6.45) is 11.7. The van der Waals surface area contributed by atoms with Crippen LogP contribution >= 0.6 is 0 Å². The fraction of sp³-hybridized carbons (Fsp3) is 1.00. The van der Waals surface area contributed by atoms with Gasteiger partial charge in [-0.3, -0.25) is 0 Å². The van der Waals surface area contributed by atoms with Crippen molar-refractivity contribution in [3.05, 3.63) is 0 Å². The second kappa shape index (κ2) is 5.16. The molecule has 2 fully saturated rings. The van der Waals surface area contributed by atoms with Gasteiger partial charge in [-0.05, 0) is 37.6 Å². The molecule has 0 heterocycles. The van der Waals surface area contributed by atoms with Crippen molar-refractivity contribution in [2.45, 2.75) is 64.3 Å². The van der Waals surface area contributed by atoms with Gasteiger partial charge in [0.15, 0.2) is 0 Å². The molecule has 0 aliphatic heterocycles. The SMILES string of the molecule is CC1CCCCC1CNC1CCCC1. The molecule has 0 bridgehead atoms. The molecule has 2 aliphatic carbocycles. The first kappa shape index (κ1) is 10.5. The Morgan fingerprint density at radius 2 is 1.57 bits per heavy atom. The molecule has 2 aliphatic rings. The molecule has 82 valence electrons. The van der Waals surface area contributed by atoms with Crippen molar-refractivity contribution in [1.29, 1.82) is 0 Å². The lowest BCUT2D eigenvalue weighted by molar-refractivity contribution is 0.241. The maximum Gasteiger partial charge on any atom is 0.00671 e. The van der Waals surface area contributed by atoms with Gasteiger partial charge < -0.3 is 5.32 Å². The van der Waals surface area contributed by atoms with Gasteiger partial charge in [0.05, 0.1) is 0 Å². The smallest absolute Gasteiger partial charge is 0.00671 e. The van der Waals surface area contributed by atoms with E-state index in [1.807, 2.05) is 0 Å². The van der Waals surface area contributed by atoms with E-state index in [1.165, 1.54) is 57.9 Å². The molecule has 2 rings (SSSR count). The topological polar surface area (TPSA) is 12.0 Å². The molecule has 1 heteroatoms. The lowest BCUT2D eigenvalue weighted by Gasteiger charge is -2.30. The zero-order valence-electron chi connectivity index (χ0n) is 9.60. The Kier molecular flexibility index (Phi) is 3.86. The highest BCUT2D eigenvalue weighted by Crippen LogP contribution is 2.29. The van der Waals surface area contributed by atoms with Gasteiger partial charge in [0.2, 0.25) is 0 Å². The second-order valence-corrected chi connectivity index (χ2v) is 5.41. The van der Waals surface area contributed by atoms with Crippen molar-refractivity contribution >= 4 is 0 Å². The van der Waals surface area contributed by atoms with Gasteiger partial charge in [0.25, 0.3) is 0 Å². The quantitative estimate of drug-likeness (QED) is 0.728. The van der Waals surface area contributed by atoms with Crippen LogP contribution < -0.4 is 5.32 Å². The van der Waals surface area contributed by atoms with Crippen LogP contribution in [0.5, 0.6) is 0 Å². The van der Waals surface area contributed by atoms with Crippen LogP contribution in [0.1, 0.15) is 58.3 Å². The van der Waals surface area contributed by atoms with Crippen LogP contribution in [-0.2, 0) is 0 Å². The zero-order chi connectivity index (χ0) is 9.80. The van der Waals surface area contributed by atoms with Gasteiger partial charge in [-0.2, -0.15) is 0 Å². The average Bonchev–Trinajstić information content (AvgIpc) is 2.69. The van der Waals surface area contributed by atoms with Crippen LogP contribution in [0, 0.1) is 11.8 Å². The molecule has 0 aromatic rings. The van der Waals surface area contributed by atoms with Crippen LogP contribution in [0.2, 0.25) is 0 Å². The first-order valence-electron chi connectivity index (χ1n) is 6.59. The summed E-state index contributed by atoms with van der Waals surface area (Å²) in [5, 5.41) is 3.78. The van der Waals surface area contributed by atoms with E-state index in [2.05, 4.69) is 12.2 Å². The summed E-state index contributed by atoms with van der Waals surface area (Å²) in [7, 11) is 0. The molecular weight excluding hydrogens is 170 g/mol. The predicted octanol–water partition coefficient (Wildman–Crippen LogP) is 3.34. The summed E-state index contributed by atoms with van der Waals surface area (Å²) in [6.45, 7) is 3.74. The number of hydrogen-bond acceptors (Lipinski definition) is 1. The van der Waals surface area contributed by atoms with E-state index in [1.54, 1.807) is 0 Å². The molecule has 1 N–H and O–H groups in total. The minimum atomic E-state index is 0.865. The zero-order valence-corrected chi connectivity index (χ0v) is 9.60. The fourth-order valence-corrected chi connectivity index (χ4v) is 3.14. The Morgan fingerprint density at radius 3 is 2.29 bits per heavy atom. The standard InChI is InChI=1S/C13H25N/c1-11-6-2-3-7-12(11)10-14-13-8-4-5-9-13/h11-14H,2-10H2,1H3. The molecule has 0 spiro atoms. The van der Waals surface area contributed by atoms with E-state index < -0.39 is 0 Å². The summed E-state index contributed by atoms with van der Waals surface area (Å²) in [5.41, 5.74) is 0. The molecular formula is C13H25N. The van der Waals surface area contributed by atoms with Crippen LogP contribution in [0.4, 0.5) is 0 Å². The summed E-state index contributed by atoms with van der Waals surface area (Å²) in [6, 6.07) is 0.865. The lowest BCUT2D eigenvalue weighted by atomic mass is 9.80. The summed E-state index contributed by atoms with van der Waals surface area (Å²) < 4.78 is 0. The first-order chi connectivity index (χ1) is 6.86. The van der Waals surface area contributed by atoms with Gasteiger partial charge in [-0.15, -0.1) is 0 Å². The molecule has 0 amide bonds. The number of nitrogens with one attached hydrogen (secondary N) is 1. The third-order valence-corrected chi connectivity index (χ3v) is 4.31. The van der Waals surface area contributed by atoms with Crippen LogP contribution in [0.25, 0.3) is 0 Å². The van der Waals surface area contributed by atoms with Crippen molar-refractivity contribution in [2.75, 3.05) is 6.54 Å². The van der Waals surface area contributed by atoms with Crippen molar-refractivity contribution < 1.29 is 0 Å². The van der Waals surface area contributed by atoms with Gasteiger partial charge in [-0.1, -0.05) is 39.0 Å². The van der Waals surface area contributed by atoms with E-state index in [-0.39, 0.29) is 0 Å². The highest BCUT2D eigenvalue weighted by Gasteiger charge is 2.22. The molecule has 2 unspecified atom stereocenters. The molecule has 2 atom stereocenters. The van der Waals surface area contributed by atoms with Gasteiger partial charge >= 0.3 is 0 Å². The van der Waals surface area contributed by atoms with Crippen molar-refractivity contribution in [1.82, 2.24) is 5.32 Å². The molecule has 0 aromatic heterocycles. The normalized spacial score (nSPS) is 34.9. The van der Waals surface area contributed by atoms with Crippen LogP contribution in [-0.4, -0.2) is 12.6 Å². The number of hydrogen-bond donors (Lipinski definition) is 1. The highest BCUT2D eigenvalue weighted by molar-refractivity contribution is 4.78. The molecule has 1 nitrogen and oxygen atoms in total. The predicted molar refractivity (Wildman–Crippen MR) is 61.4 cm³/mol. The Morgan fingerprint density at radius 1 is 0.929 bits per heavy atom. The molecule has 14 heavy (non-hydrogen) atoms. The molecule has 2 saturated carbocycles. The Bertz CT molecular complexity index is 161. The van der Waals surface area contributed by atoms with Gasteiger partial charge in [-0.25, -0.2) is 0 Å². The third kappa shape index (κ3) is 2.73. The van der Waals surface area contributed by atoms with Crippen molar-refractivity contribution in [3.63, 3.8) is 0 Å². The minimum absolute atomic E-state index is 0.865. The maximum absolute atomic E-state index is 3.78. The summed E-state index contributed by atoms with van der Waals surface area (Å²) >= 11 is 0. The lowest BCUT2D eigenvalue weighted by Crippen LogP contribution is -2.34. The van der Waals surface area contributed by atoms with Crippen molar-refractivity contribution in [2.24, 2.45) is 11.8 Å². The van der Waals surface area contributed by atoms with Crippen molar-refractivity contribution in [3.8, 4) is 0 Å². The molecule has 0 aromatic carbocycles. The summed E-state index contributed by atoms with van der Waals surface area (Å²) in [5.74, 6) is 1.95. The fourth-order valence-electron chi connectivity index (χ4n) is 3.14. The minimum Gasteiger partial charge on any atom is -0.314 e. The molecule has 0 radical (unpaired) electrons. The monoisotopic (exact) mass is 195 g/mol. The Labute approximate surface area is 88.7 Å². The summed E-state index contributed by atoms with van der Waals surface area (Å²) in [4.78, 5) is 0. The largest absolute Gasteiger partial charge is 0.314 e. The first-order valence-corrected chi connectivity index (χ1v) is 6.59. The average molecular weight is 195 g/mol. The van der Waals surface area contributed by atoms with E-state index >= 15 is 0 Å². The maximum atomic E-state index is 3.78. The van der Waals surface area contributed by atoms with E-state index in [0.29, 0.717) is 0 Å². The second-order valence-electron chi connectivity index (χ2n) is 5.41. The third-order valence-electron chi connectivity index (χ3n) is 4.31. The number of rotatable bonds is 3. The van der Waals surface area contributed by atoms with E-state index in [4.69, 9.17) is 0 Å². The Balaban J connectivity index is 1.67. The van der Waals surface area contributed by atoms with Crippen LogP contribution in [0.15, 0.2) is 0 Å². The van der Waals surface area contributed by atoms with E-state index in [9.17, 15) is 0 Å². The highest BCUT2D eigenvalue weighted by atomic mass is 14.9. The van der Waals surface area contributed by atoms with Crippen LogP contribution in [0.3, 0.4) is 0 Å². The molecule has 0 saturated heterocycles. The van der Waals surface area contributed by atoms with E-state index in [0.717, 1.165) is 17.9 Å². The Hall–Kier alpha value is -0.0400.